The number of anilines is 1. The number of carbonyl (C=O) groups excluding carboxylic acids is 2. The molecule has 0 bridgehead atoms. The number of nitrogens with two attached hydrogens (primary N) is 1. The van der Waals surface area contributed by atoms with Gasteiger partial charge in [0.25, 0.3) is 5.91 Å². The van der Waals surface area contributed by atoms with Gasteiger partial charge in [0, 0.05) is 12.7 Å². The molecular weight excluding hydrogens is 206 g/mol. The molecule has 1 rings (SSSR count). The number of aryl methyl sites for hydroxylation is 1. The highest BCUT2D eigenvalue weighted by atomic mass is 16.2. The van der Waals surface area contributed by atoms with Crippen LogP contribution in [0.3, 0.4) is 0 Å². The lowest BCUT2D eigenvalue weighted by molar-refractivity contribution is -0.119. The van der Waals surface area contributed by atoms with E-state index in [1.54, 1.807) is 12.1 Å². The lowest BCUT2D eigenvalue weighted by Gasteiger charge is -2.07. The first kappa shape index (κ1) is 12.0. The van der Waals surface area contributed by atoms with Gasteiger partial charge in [0.15, 0.2) is 0 Å². The number of rotatable bonds is 3. The van der Waals surface area contributed by atoms with Crippen LogP contribution in [0.5, 0.6) is 0 Å². The van der Waals surface area contributed by atoms with Crippen LogP contribution in [0.15, 0.2) is 18.2 Å². The summed E-state index contributed by atoms with van der Waals surface area (Å²) in [4.78, 5) is 22.6. The zero-order valence-electron chi connectivity index (χ0n) is 9.33. The number of nitrogen functional groups attached to an aromatic ring is 1. The molecular formula is C11H15N3O2. The molecule has 0 heterocycles. The molecule has 0 aliphatic rings. The van der Waals surface area contributed by atoms with Gasteiger partial charge >= 0.3 is 0 Å². The fourth-order valence-electron chi connectivity index (χ4n) is 1.21. The maximum absolute atomic E-state index is 11.7. The van der Waals surface area contributed by atoms with Gasteiger partial charge in [-0.25, -0.2) is 0 Å². The van der Waals surface area contributed by atoms with Crippen molar-refractivity contribution >= 4 is 17.5 Å². The summed E-state index contributed by atoms with van der Waals surface area (Å²) in [7, 11) is 1.51. The molecule has 0 aliphatic carbocycles. The summed E-state index contributed by atoms with van der Waals surface area (Å²) in [6.07, 6.45) is 0. The Hall–Kier alpha value is -2.04. The minimum absolute atomic E-state index is 0.0529. The van der Waals surface area contributed by atoms with Crippen LogP contribution in [-0.2, 0) is 4.79 Å². The lowest BCUT2D eigenvalue weighted by Crippen LogP contribution is -2.35. The summed E-state index contributed by atoms with van der Waals surface area (Å²) >= 11 is 0. The molecule has 0 atom stereocenters. The topological polar surface area (TPSA) is 84.2 Å². The quantitative estimate of drug-likeness (QED) is 0.631. The van der Waals surface area contributed by atoms with E-state index in [1.165, 1.54) is 7.05 Å². The zero-order chi connectivity index (χ0) is 12.1. The van der Waals surface area contributed by atoms with Gasteiger partial charge in [0.05, 0.1) is 12.1 Å². The van der Waals surface area contributed by atoms with E-state index < -0.39 is 0 Å². The molecule has 0 radical (unpaired) electrons. The summed E-state index contributed by atoms with van der Waals surface area (Å²) in [5, 5.41) is 4.90. The van der Waals surface area contributed by atoms with Crippen molar-refractivity contribution in [2.24, 2.45) is 0 Å². The third-order valence-corrected chi connectivity index (χ3v) is 2.14. The summed E-state index contributed by atoms with van der Waals surface area (Å²) in [6.45, 7) is 1.82. The van der Waals surface area contributed by atoms with Crippen LogP contribution >= 0.6 is 0 Å². The van der Waals surface area contributed by atoms with Gasteiger partial charge in [-0.1, -0.05) is 11.6 Å². The molecule has 0 saturated carbocycles. The van der Waals surface area contributed by atoms with E-state index in [9.17, 15) is 9.59 Å². The average molecular weight is 221 g/mol. The summed E-state index contributed by atoms with van der Waals surface area (Å²) in [5.74, 6) is -0.593. The molecule has 2 amide bonds. The summed E-state index contributed by atoms with van der Waals surface area (Å²) in [5.41, 5.74) is 7.41. The number of hydrogen-bond acceptors (Lipinski definition) is 3. The van der Waals surface area contributed by atoms with Gasteiger partial charge in [-0.3, -0.25) is 9.59 Å². The highest BCUT2D eigenvalue weighted by molar-refractivity contribution is 6.00. The molecule has 4 N–H and O–H groups in total. The van der Waals surface area contributed by atoms with Crippen molar-refractivity contribution < 1.29 is 9.59 Å². The zero-order valence-corrected chi connectivity index (χ0v) is 9.33. The summed E-state index contributed by atoms with van der Waals surface area (Å²) in [6, 6.07) is 5.18. The normalized spacial score (nSPS) is 9.62. The molecule has 0 fully saturated rings. The van der Waals surface area contributed by atoms with Crippen LogP contribution in [0.2, 0.25) is 0 Å². The number of amides is 2. The minimum Gasteiger partial charge on any atom is -0.398 e. The van der Waals surface area contributed by atoms with Crippen LogP contribution in [0, 0.1) is 6.92 Å². The van der Waals surface area contributed by atoms with Crippen LogP contribution in [0.25, 0.3) is 0 Å². The average Bonchev–Trinajstić information content (AvgIpc) is 2.28. The van der Waals surface area contributed by atoms with E-state index in [4.69, 9.17) is 5.73 Å². The molecule has 0 aromatic heterocycles. The van der Waals surface area contributed by atoms with Crippen LogP contribution in [0.4, 0.5) is 5.69 Å². The predicted molar refractivity (Wildman–Crippen MR) is 62.0 cm³/mol. The Kier molecular flexibility index (Phi) is 3.88. The SMILES string of the molecule is CNC(=O)CNC(=O)c1cc(C)ccc1N. The highest BCUT2D eigenvalue weighted by Gasteiger charge is 2.10. The first-order chi connectivity index (χ1) is 7.54. The van der Waals surface area contributed by atoms with Crippen molar-refractivity contribution in [2.45, 2.75) is 6.92 Å². The number of likely N-dealkylation sites (N-methyl/N-ethyl adjacent to an activating group) is 1. The van der Waals surface area contributed by atoms with E-state index >= 15 is 0 Å². The van der Waals surface area contributed by atoms with E-state index in [0.717, 1.165) is 5.56 Å². The molecule has 1 aromatic rings. The summed E-state index contributed by atoms with van der Waals surface area (Å²) < 4.78 is 0. The second-order valence-corrected chi connectivity index (χ2v) is 3.45. The third-order valence-electron chi connectivity index (χ3n) is 2.14. The maximum Gasteiger partial charge on any atom is 0.253 e. The molecule has 0 unspecified atom stereocenters. The van der Waals surface area contributed by atoms with Crippen LogP contribution < -0.4 is 16.4 Å². The van der Waals surface area contributed by atoms with Gasteiger partial charge in [-0.2, -0.15) is 0 Å². The number of nitrogens with one attached hydrogen (secondary N) is 2. The van der Waals surface area contributed by atoms with E-state index in [2.05, 4.69) is 10.6 Å². The molecule has 5 nitrogen and oxygen atoms in total. The third kappa shape index (κ3) is 2.98. The molecule has 1 aromatic carbocycles. The smallest absolute Gasteiger partial charge is 0.253 e. The van der Waals surface area contributed by atoms with E-state index in [0.29, 0.717) is 11.3 Å². The predicted octanol–water partition coefficient (Wildman–Crippen LogP) is 0.0530. The first-order valence-corrected chi connectivity index (χ1v) is 4.89. The molecule has 16 heavy (non-hydrogen) atoms. The van der Waals surface area contributed by atoms with E-state index in [1.807, 2.05) is 13.0 Å². The Morgan fingerprint density at radius 2 is 2.06 bits per heavy atom. The second kappa shape index (κ2) is 5.16. The standard InChI is InChI=1S/C11H15N3O2/c1-7-3-4-9(12)8(5-7)11(16)14-6-10(15)13-2/h3-5H,6,12H2,1-2H3,(H,13,15)(H,14,16). The van der Waals surface area contributed by atoms with Crippen LogP contribution in [-0.4, -0.2) is 25.4 Å². The number of carbonyl (C=O) groups is 2. The molecule has 0 saturated heterocycles. The van der Waals surface area contributed by atoms with Crippen LogP contribution in [0.1, 0.15) is 15.9 Å². The van der Waals surface area contributed by atoms with Crippen molar-refractivity contribution in [3.05, 3.63) is 29.3 Å². The lowest BCUT2D eigenvalue weighted by atomic mass is 10.1. The number of hydrogen-bond donors (Lipinski definition) is 3. The maximum atomic E-state index is 11.7. The Bertz CT molecular complexity index is 416. The Morgan fingerprint density at radius 1 is 1.38 bits per heavy atom. The Labute approximate surface area is 94.0 Å². The molecule has 0 spiro atoms. The van der Waals surface area contributed by atoms with Crippen molar-refractivity contribution in [2.75, 3.05) is 19.3 Å². The number of benzene rings is 1. The fraction of sp³-hybridized carbons (Fsp3) is 0.273. The highest BCUT2D eigenvalue weighted by Crippen LogP contribution is 2.13. The fourth-order valence-corrected chi connectivity index (χ4v) is 1.21. The largest absolute Gasteiger partial charge is 0.398 e. The minimum atomic E-state index is -0.343. The first-order valence-electron chi connectivity index (χ1n) is 4.89. The van der Waals surface area contributed by atoms with Crippen molar-refractivity contribution in [3.63, 3.8) is 0 Å². The molecule has 86 valence electrons. The van der Waals surface area contributed by atoms with Gasteiger partial charge < -0.3 is 16.4 Å². The van der Waals surface area contributed by atoms with Crippen molar-refractivity contribution in [3.8, 4) is 0 Å². The van der Waals surface area contributed by atoms with Gasteiger partial charge in [-0.15, -0.1) is 0 Å². The second-order valence-electron chi connectivity index (χ2n) is 3.45. The van der Waals surface area contributed by atoms with Crippen molar-refractivity contribution in [1.82, 2.24) is 10.6 Å². The molecule has 0 aliphatic heterocycles. The Morgan fingerprint density at radius 3 is 2.69 bits per heavy atom. The van der Waals surface area contributed by atoms with Crippen molar-refractivity contribution in [1.29, 1.82) is 0 Å². The van der Waals surface area contributed by atoms with E-state index in [-0.39, 0.29) is 18.4 Å². The van der Waals surface area contributed by atoms with Gasteiger partial charge in [-0.05, 0) is 19.1 Å². The molecule has 5 heteroatoms. The Balaban J connectivity index is 2.73. The monoisotopic (exact) mass is 221 g/mol. The van der Waals surface area contributed by atoms with Gasteiger partial charge in [0.1, 0.15) is 0 Å². The van der Waals surface area contributed by atoms with Gasteiger partial charge in [0.2, 0.25) is 5.91 Å².